The highest BCUT2D eigenvalue weighted by atomic mass is 35.5. The van der Waals surface area contributed by atoms with Crippen molar-refractivity contribution >= 4 is 17.6 Å². The SMILES string of the molecule is Cc1ccc(Cc2ccccc2C(=O)[O-])cc1Cl. The number of carbonyl (C=O) groups excluding carboxylic acids is 1. The van der Waals surface area contributed by atoms with Crippen LogP contribution in [-0.4, -0.2) is 5.97 Å². The fourth-order valence-corrected chi connectivity index (χ4v) is 2.04. The standard InChI is InChI=1S/C15H13ClO2/c1-10-6-7-11(9-14(10)16)8-12-4-2-3-5-13(12)15(17)18/h2-7,9H,8H2,1H3,(H,17,18)/p-1. The van der Waals surface area contributed by atoms with Gasteiger partial charge in [-0.05, 0) is 36.1 Å². The lowest BCUT2D eigenvalue weighted by molar-refractivity contribution is -0.255. The van der Waals surface area contributed by atoms with E-state index < -0.39 is 5.97 Å². The molecule has 92 valence electrons. The van der Waals surface area contributed by atoms with Gasteiger partial charge in [-0.1, -0.05) is 48.0 Å². The molecule has 0 saturated heterocycles. The summed E-state index contributed by atoms with van der Waals surface area (Å²) in [5, 5.41) is 11.7. The molecule has 0 aromatic heterocycles. The van der Waals surface area contributed by atoms with E-state index in [-0.39, 0.29) is 5.56 Å². The van der Waals surface area contributed by atoms with Gasteiger partial charge in [0.1, 0.15) is 0 Å². The molecule has 0 aliphatic carbocycles. The lowest BCUT2D eigenvalue weighted by Gasteiger charge is -2.10. The molecule has 0 spiro atoms. The first-order valence-corrected chi connectivity index (χ1v) is 6.00. The van der Waals surface area contributed by atoms with Gasteiger partial charge in [0.2, 0.25) is 0 Å². The maximum absolute atomic E-state index is 11.0. The number of aryl methyl sites for hydroxylation is 1. The van der Waals surface area contributed by atoms with Crippen LogP contribution in [-0.2, 0) is 6.42 Å². The molecule has 0 unspecified atom stereocenters. The van der Waals surface area contributed by atoms with Crippen LogP contribution in [0, 0.1) is 6.92 Å². The van der Waals surface area contributed by atoms with E-state index in [4.69, 9.17) is 11.6 Å². The van der Waals surface area contributed by atoms with Crippen LogP contribution in [0.15, 0.2) is 42.5 Å². The van der Waals surface area contributed by atoms with E-state index in [9.17, 15) is 9.90 Å². The highest BCUT2D eigenvalue weighted by Gasteiger charge is 2.05. The quantitative estimate of drug-likeness (QED) is 0.850. The maximum atomic E-state index is 11.0. The molecule has 0 saturated carbocycles. The van der Waals surface area contributed by atoms with Gasteiger partial charge in [-0.25, -0.2) is 0 Å². The second kappa shape index (κ2) is 5.23. The molecule has 0 amide bonds. The summed E-state index contributed by atoms with van der Waals surface area (Å²) in [6.45, 7) is 1.93. The normalized spacial score (nSPS) is 10.3. The number of benzene rings is 2. The van der Waals surface area contributed by atoms with Gasteiger partial charge in [-0.3, -0.25) is 0 Å². The van der Waals surface area contributed by atoms with Crippen LogP contribution in [0.1, 0.15) is 27.0 Å². The highest BCUT2D eigenvalue weighted by Crippen LogP contribution is 2.20. The van der Waals surface area contributed by atoms with Gasteiger partial charge in [-0.15, -0.1) is 0 Å². The van der Waals surface area contributed by atoms with Gasteiger partial charge in [0.25, 0.3) is 0 Å². The first-order chi connectivity index (χ1) is 8.58. The Bertz CT molecular complexity index is 591. The first kappa shape index (κ1) is 12.7. The number of hydrogen-bond acceptors (Lipinski definition) is 2. The van der Waals surface area contributed by atoms with E-state index in [1.807, 2.05) is 31.2 Å². The van der Waals surface area contributed by atoms with E-state index >= 15 is 0 Å². The summed E-state index contributed by atoms with van der Waals surface area (Å²) >= 11 is 6.05. The van der Waals surface area contributed by atoms with Crippen LogP contribution in [0.2, 0.25) is 5.02 Å². The van der Waals surface area contributed by atoms with Crippen molar-refractivity contribution in [2.45, 2.75) is 13.3 Å². The largest absolute Gasteiger partial charge is 0.545 e. The van der Waals surface area contributed by atoms with Crippen LogP contribution in [0.25, 0.3) is 0 Å². The molecular weight excluding hydrogens is 248 g/mol. The Kier molecular flexibility index (Phi) is 3.68. The third-order valence-electron chi connectivity index (χ3n) is 2.87. The second-order valence-electron chi connectivity index (χ2n) is 4.20. The Morgan fingerprint density at radius 3 is 2.61 bits per heavy atom. The zero-order chi connectivity index (χ0) is 13.1. The van der Waals surface area contributed by atoms with E-state index in [0.717, 1.165) is 16.7 Å². The summed E-state index contributed by atoms with van der Waals surface area (Å²) in [6, 6.07) is 12.6. The molecule has 18 heavy (non-hydrogen) atoms. The Morgan fingerprint density at radius 2 is 1.94 bits per heavy atom. The van der Waals surface area contributed by atoms with Crippen molar-refractivity contribution in [3.05, 3.63) is 69.7 Å². The number of aromatic carboxylic acids is 1. The van der Waals surface area contributed by atoms with E-state index in [0.29, 0.717) is 11.4 Å². The highest BCUT2D eigenvalue weighted by molar-refractivity contribution is 6.31. The smallest absolute Gasteiger partial charge is 0.0718 e. The Morgan fingerprint density at radius 1 is 1.22 bits per heavy atom. The van der Waals surface area contributed by atoms with Crippen molar-refractivity contribution in [1.82, 2.24) is 0 Å². The van der Waals surface area contributed by atoms with Gasteiger partial charge in [0.15, 0.2) is 0 Å². The van der Waals surface area contributed by atoms with E-state index in [1.54, 1.807) is 18.2 Å². The molecule has 0 aliphatic rings. The number of carboxylic acid groups (broad SMARTS) is 1. The summed E-state index contributed by atoms with van der Waals surface area (Å²) in [4.78, 5) is 11.0. The van der Waals surface area contributed by atoms with Crippen molar-refractivity contribution < 1.29 is 9.90 Å². The predicted octanol–water partition coefficient (Wildman–Crippen LogP) is 2.60. The average Bonchev–Trinajstić information content (AvgIpc) is 2.34. The molecule has 0 fully saturated rings. The molecule has 0 aliphatic heterocycles. The maximum Gasteiger partial charge on any atom is 0.0718 e. The zero-order valence-electron chi connectivity index (χ0n) is 9.94. The average molecular weight is 260 g/mol. The summed E-state index contributed by atoms with van der Waals surface area (Å²) in [5.41, 5.74) is 2.96. The molecule has 2 aromatic rings. The first-order valence-electron chi connectivity index (χ1n) is 5.62. The molecule has 0 bridgehead atoms. The second-order valence-corrected chi connectivity index (χ2v) is 4.61. The molecule has 2 nitrogen and oxygen atoms in total. The molecule has 2 rings (SSSR count). The Hall–Kier alpha value is -1.80. The van der Waals surface area contributed by atoms with Crippen molar-refractivity contribution in [2.24, 2.45) is 0 Å². The molecule has 0 radical (unpaired) electrons. The molecule has 2 aromatic carbocycles. The van der Waals surface area contributed by atoms with Gasteiger partial charge >= 0.3 is 0 Å². The number of carbonyl (C=O) groups is 1. The summed E-state index contributed by atoms with van der Waals surface area (Å²) in [7, 11) is 0. The van der Waals surface area contributed by atoms with Gasteiger partial charge in [0, 0.05) is 10.6 Å². The monoisotopic (exact) mass is 259 g/mol. The van der Waals surface area contributed by atoms with Gasteiger partial charge in [0.05, 0.1) is 5.97 Å². The molecular formula is C15H12ClO2-. The number of rotatable bonds is 3. The fraction of sp³-hybridized carbons (Fsp3) is 0.133. The van der Waals surface area contributed by atoms with Gasteiger partial charge < -0.3 is 9.90 Å². The zero-order valence-corrected chi connectivity index (χ0v) is 10.7. The number of halogens is 1. The summed E-state index contributed by atoms with van der Waals surface area (Å²) in [5.74, 6) is -1.15. The fourth-order valence-electron chi connectivity index (χ4n) is 1.84. The number of carboxylic acids is 1. The minimum atomic E-state index is -1.15. The molecule has 3 heteroatoms. The lowest BCUT2D eigenvalue weighted by atomic mass is 9.99. The van der Waals surface area contributed by atoms with Crippen molar-refractivity contribution in [3.8, 4) is 0 Å². The third-order valence-corrected chi connectivity index (χ3v) is 3.28. The van der Waals surface area contributed by atoms with E-state index in [1.165, 1.54) is 0 Å². The van der Waals surface area contributed by atoms with Crippen LogP contribution in [0.3, 0.4) is 0 Å². The third kappa shape index (κ3) is 2.71. The Balaban J connectivity index is 2.34. The van der Waals surface area contributed by atoms with Crippen LogP contribution in [0.4, 0.5) is 0 Å². The van der Waals surface area contributed by atoms with Crippen LogP contribution in [0.5, 0.6) is 0 Å². The van der Waals surface area contributed by atoms with Crippen LogP contribution >= 0.6 is 11.6 Å². The lowest BCUT2D eigenvalue weighted by Crippen LogP contribution is -2.23. The van der Waals surface area contributed by atoms with Crippen molar-refractivity contribution in [3.63, 3.8) is 0 Å². The minimum Gasteiger partial charge on any atom is -0.545 e. The van der Waals surface area contributed by atoms with Crippen LogP contribution < -0.4 is 5.11 Å². The molecule has 0 N–H and O–H groups in total. The summed E-state index contributed by atoms with van der Waals surface area (Å²) in [6.07, 6.45) is 0.532. The molecule has 0 heterocycles. The van der Waals surface area contributed by atoms with Crippen molar-refractivity contribution in [2.75, 3.05) is 0 Å². The van der Waals surface area contributed by atoms with Crippen molar-refractivity contribution in [1.29, 1.82) is 0 Å². The van der Waals surface area contributed by atoms with E-state index in [2.05, 4.69) is 0 Å². The Labute approximate surface area is 111 Å². The van der Waals surface area contributed by atoms with Gasteiger partial charge in [-0.2, -0.15) is 0 Å². The topological polar surface area (TPSA) is 40.1 Å². The predicted molar refractivity (Wildman–Crippen MR) is 69.8 cm³/mol. The summed E-state index contributed by atoms with van der Waals surface area (Å²) < 4.78 is 0. The molecule has 0 atom stereocenters. The number of hydrogen-bond donors (Lipinski definition) is 0. The minimum absolute atomic E-state index is 0.231.